The molecule has 1 N–H and O–H groups in total. The van der Waals surface area contributed by atoms with Crippen molar-refractivity contribution < 1.29 is 14.3 Å². The molecule has 26 heavy (non-hydrogen) atoms. The third-order valence-electron chi connectivity index (χ3n) is 5.71. The van der Waals surface area contributed by atoms with Crippen LogP contribution in [-0.2, 0) is 11.3 Å². The first-order valence-electron chi connectivity index (χ1n) is 9.51. The van der Waals surface area contributed by atoms with Crippen LogP contribution in [0.15, 0.2) is 12.1 Å². The van der Waals surface area contributed by atoms with Gasteiger partial charge in [-0.15, -0.1) is 0 Å². The Morgan fingerprint density at radius 3 is 2.50 bits per heavy atom. The van der Waals surface area contributed by atoms with Gasteiger partial charge in [-0.25, -0.2) is 0 Å². The largest absolute Gasteiger partial charge is 0.493 e. The molecule has 1 amide bonds. The third kappa shape index (κ3) is 4.44. The van der Waals surface area contributed by atoms with Gasteiger partial charge < -0.3 is 14.8 Å². The minimum Gasteiger partial charge on any atom is -0.493 e. The zero-order valence-corrected chi connectivity index (χ0v) is 16.5. The summed E-state index contributed by atoms with van der Waals surface area (Å²) in [4.78, 5) is 14.4. The number of piperidine rings is 1. The highest BCUT2D eigenvalue weighted by atomic mass is 35.5. The van der Waals surface area contributed by atoms with Crippen molar-refractivity contribution in [3.8, 4) is 11.5 Å². The molecule has 1 aliphatic carbocycles. The Balaban J connectivity index is 1.47. The molecule has 6 heteroatoms. The average Bonchev–Trinajstić information content (AvgIpc) is 2.61. The number of carbonyl (C=O) groups is 1. The van der Waals surface area contributed by atoms with E-state index in [-0.39, 0.29) is 11.8 Å². The molecule has 5 nitrogen and oxygen atoms in total. The Labute approximate surface area is 161 Å². The lowest BCUT2D eigenvalue weighted by Gasteiger charge is -2.33. The average molecular weight is 381 g/mol. The Morgan fingerprint density at radius 2 is 1.92 bits per heavy atom. The summed E-state index contributed by atoms with van der Waals surface area (Å²) in [5.74, 6) is 2.37. The fraction of sp³-hybridized carbons (Fsp3) is 0.650. The second-order valence-corrected chi connectivity index (χ2v) is 7.74. The van der Waals surface area contributed by atoms with Crippen molar-refractivity contribution in [1.82, 2.24) is 10.2 Å². The number of benzene rings is 1. The van der Waals surface area contributed by atoms with Crippen molar-refractivity contribution >= 4 is 17.5 Å². The fourth-order valence-corrected chi connectivity index (χ4v) is 3.99. The van der Waals surface area contributed by atoms with Crippen LogP contribution in [0.5, 0.6) is 11.5 Å². The quantitative estimate of drug-likeness (QED) is 0.786. The summed E-state index contributed by atoms with van der Waals surface area (Å²) in [5.41, 5.74) is 1.06. The predicted molar refractivity (Wildman–Crippen MR) is 103 cm³/mol. The summed E-state index contributed by atoms with van der Waals surface area (Å²) in [7, 11) is 3.22. The van der Waals surface area contributed by atoms with Crippen LogP contribution in [0.25, 0.3) is 0 Å². The van der Waals surface area contributed by atoms with Crippen molar-refractivity contribution in [3.05, 3.63) is 22.7 Å². The van der Waals surface area contributed by atoms with Crippen LogP contribution < -0.4 is 14.8 Å². The van der Waals surface area contributed by atoms with E-state index in [4.69, 9.17) is 21.1 Å². The molecule has 1 saturated heterocycles. The number of hydrogen-bond donors (Lipinski definition) is 1. The second-order valence-electron chi connectivity index (χ2n) is 7.37. The molecule has 0 bridgehead atoms. The van der Waals surface area contributed by atoms with Gasteiger partial charge in [0.05, 0.1) is 19.2 Å². The number of nitrogens with zero attached hydrogens (tertiary/aromatic N) is 1. The molecular weight excluding hydrogens is 352 g/mol. The Kier molecular flexibility index (Phi) is 6.65. The van der Waals surface area contributed by atoms with E-state index in [1.54, 1.807) is 14.2 Å². The van der Waals surface area contributed by atoms with Gasteiger partial charge in [0.25, 0.3) is 0 Å². The molecule has 0 radical (unpaired) electrons. The Morgan fingerprint density at radius 1 is 1.19 bits per heavy atom. The smallest absolute Gasteiger partial charge is 0.223 e. The molecule has 1 heterocycles. The summed E-state index contributed by atoms with van der Waals surface area (Å²) in [6.07, 6.45) is 5.55. The van der Waals surface area contributed by atoms with E-state index in [0.717, 1.165) is 57.4 Å². The lowest BCUT2D eigenvalue weighted by atomic mass is 9.84. The Bertz CT molecular complexity index is 626. The minimum atomic E-state index is 0.260. The Hall–Kier alpha value is -1.46. The maximum atomic E-state index is 12.0. The van der Waals surface area contributed by atoms with E-state index in [1.807, 2.05) is 12.1 Å². The maximum absolute atomic E-state index is 12.0. The third-order valence-corrected chi connectivity index (χ3v) is 6.12. The molecule has 1 aliphatic heterocycles. The summed E-state index contributed by atoms with van der Waals surface area (Å²) in [6, 6.07) is 3.91. The number of amides is 1. The van der Waals surface area contributed by atoms with Crippen molar-refractivity contribution in [2.45, 2.75) is 38.6 Å². The van der Waals surface area contributed by atoms with Crippen molar-refractivity contribution in [2.75, 3.05) is 33.9 Å². The van der Waals surface area contributed by atoms with Gasteiger partial charge in [-0.05, 0) is 56.3 Å². The predicted octanol–water partition coefficient (Wildman–Crippen LogP) is 3.49. The van der Waals surface area contributed by atoms with Crippen LogP contribution in [0.4, 0.5) is 0 Å². The van der Waals surface area contributed by atoms with Crippen molar-refractivity contribution in [2.24, 2.45) is 11.8 Å². The topological polar surface area (TPSA) is 50.8 Å². The van der Waals surface area contributed by atoms with Gasteiger partial charge in [0, 0.05) is 19.0 Å². The van der Waals surface area contributed by atoms with Crippen LogP contribution in [-0.4, -0.2) is 44.7 Å². The zero-order valence-electron chi connectivity index (χ0n) is 15.7. The molecular formula is C20H29ClN2O3. The van der Waals surface area contributed by atoms with Crippen LogP contribution in [0, 0.1) is 11.8 Å². The molecule has 0 aromatic heterocycles. The lowest BCUT2D eigenvalue weighted by molar-refractivity contribution is -0.127. The number of carbonyl (C=O) groups excluding carboxylic acids is 1. The van der Waals surface area contributed by atoms with Gasteiger partial charge in [-0.1, -0.05) is 24.1 Å². The number of rotatable bonds is 7. The molecule has 1 aromatic carbocycles. The van der Waals surface area contributed by atoms with Crippen LogP contribution in [0.1, 0.15) is 37.7 Å². The number of nitrogens with one attached hydrogen (secondary N) is 1. The zero-order chi connectivity index (χ0) is 18.5. The molecule has 2 aliphatic rings. The number of ether oxygens (including phenoxy) is 2. The van der Waals surface area contributed by atoms with Gasteiger partial charge in [0.2, 0.25) is 5.91 Å². The van der Waals surface area contributed by atoms with Gasteiger partial charge in [-0.2, -0.15) is 0 Å². The number of halogens is 1. The van der Waals surface area contributed by atoms with Crippen molar-refractivity contribution in [1.29, 1.82) is 0 Å². The van der Waals surface area contributed by atoms with Crippen LogP contribution >= 0.6 is 11.6 Å². The number of methoxy groups -OCH3 is 2. The SMILES string of the molecule is COc1ccc(CN2CCC(CNC(=O)C3CCC3)CC2)c(Cl)c1OC. The first-order chi connectivity index (χ1) is 12.6. The molecule has 0 unspecified atom stereocenters. The lowest BCUT2D eigenvalue weighted by Crippen LogP contribution is -2.41. The standard InChI is InChI=1S/C20H29ClN2O3/c1-25-17-7-6-16(18(21)19(17)26-2)13-23-10-8-14(9-11-23)12-22-20(24)15-4-3-5-15/h6-7,14-15H,3-5,8-13H2,1-2H3,(H,22,24). The first-order valence-corrected chi connectivity index (χ1v) is 9.89. The highest BCUT2D eigenvalue weighted by Crippen LogP contribution is 2.38. The summed E-state index contributed by atoms with van der Waals surface area (Å²) >= 11 is 6.50. The molecule has 144 valence electrons. The maximum Gasteiger partial charge on any atom is 0.223 e. The minimum absolute atomic E-state index is 0.260. The van der Waals surface area contributed by atoms with E-state index in [2.05, 4.69) is 10.2 Å². The molecule has 3 rings (SSSR count). The second kappa shape index (κ2) is 8.96. The normalized spacial score (nSPS) is 19.0. The monoisotopic (exact) mass is 380 g/mol. The van der Waals surface area contributed by atoms with Crippen LogP contribution in [0.2, 0.25) is 5.02 Å². The van der Waals surface area contributed by atoms with E-state index >= 15 is 0 Å². The summed E-state index contributed by atoms with van der Waals surface area (Å²) < 4.78 is 10.7. The first kappa shape index (κ1) is 19.3. The molecule has 1 aromatic rings. The van der Waals surface area contributed by atoms with E-state index in [0.29, 0.717) is 22.4 Å². The highest BCUT2D eigenvalue weighted by Gasteiger charge is 2.26. The molecule has 2 fully saturated rings. The molecule has 0 spiro atoms. The number of likely N-dealkylation sites (tertiary alicyclic amines) is 1. The van der Waals surface area contributed by atoms with E-state index in [9.17, 15) is 4.79 Å². The molecule has 0 atom stereocenters. The van der Waals surface area contributed by atoms with E-state index in [1.165, 1.54) is 6.42 Å². The molecule has 1 saturated carbocycles. The highest BCUT2D eigenvalue weighted by molar-refractivity contribution is 6.33. The van der Waals surface area contributed by atoms with Crippen molar-refractivity contribution in [3.63, 3.8) is 0 Å². The fourth-order valence-electron chi connectivity index (χ4n) is 3.70. The van der Waals surface area contributed by atoms with E-state index < -0.39 is 0 Å². The van der Waals surface area contributed by atoms with Gasteiger partial charge >= 0.3 is 0 Å². The van der Waals surface area contributed by atoms with Gasteiger partial charge in [0.15, 0.2) is 11.5 Å². The summed E-state index contributed by atoms with van der Waals surface area (Å²) in [5, 5.41) is 3.77. The van der Waals surface area contributed by atoms with Gasteiger partial charge in [-0.3, -0.25) is 9.69 Å². The van der Waals surface area contributed by atoms with Gasteiger partial charge in [0.1, 0.15) is 0 Å². The van der Waals surface area contributed by atoms with Crippen LogP contribution in [0.3, 0.4) is 0 Å². The summed E-state index contributed by atoms with van der Waals surface area (Å²) in [6.45, 7) is 3.67. The number of hydrogen-bond acceptors (Lipinski definition) is 4.